The highest BCUT2D eigenvalue weighted by atomic mass is 16.6. The van der Waals surface area contributed by atoms with Crippen molar-refractivity contribution in [3.63, 3.8) is 0 Å². The summed E-state index contributed by atoms with van der Waals surface area (Å²) < 4.78 is 5.43. The van der Waals surface area contributed by atoms with E-state index in [2.05, 4.69) is 0 Å². The number of aliphatic carboxylic acids is 1. The number of hydrogen-bond donors (Lipinski definition) is 1. The Kier molecular flexibility index (Phi) is 4.44. The summed E-state index contributed by atoms with van der Waals surface area (Å²) >= 11 is 0. The van der Waals surface area contributed by atoms with Crippen LogP contribution in [0.25, 0.3) is 0 Å². The molecule has 0 aromatic heterocycles. The average molecular weight is 255 g/mol. The van der Waals surface area contributed by atoms with Crippen molar-refractivity contribution in [1.82, 2.24) is 4.90 Å². The van der Waals surface area contributed by atoms with Crippen LogP contribution in [-0.2, 0) is 9.53 Å². The van der Waals surface area contributed by atoms with Crippen molar-refractivity contribution in [2.45, 2.75) is 63.5 Å². The first-order valence-electron chi connectivity index (χ1n) is 6.88. The molecule has 0 spiro atoms. The van der Waals surface area contributed by atoms with Gasteiger partial charge >= 0.3 is 12.1 Å². The number of ether oxygens (including phenoxy) is 1. The normalized spacial score (nSPS) is 25.8. The molecular weight excluding hydrogens is 234 g/mol. The van der Waals surface area contributed by atoms with Crippen LogP contribution in [0.3, 0.4) is 0 Å². The van der Waals surface area contributed by atoms with Gasteiger partial charge in [0.15, 0.2) is 0 Å². The van der Waals surface area contributed by atoms with Gasteiger partial charge in [-0.1, -0.05) is 6.42 Å². The Morgan fingerprint density at radius 2 is 1.67 bits per heavy atom. The van der Waals surface area contributed by atoms with E-state index < -0.39 is 18.1 Å². The van der Waals surface area contributed by atoms with E-state index in [9.17, 15) is 9.59 Å². The molecule has 5 nitrogen and oxygen atoms in total. The molecule has 1 aliphatic heterocycles. The van der Waals surface area contributed by atoms with Gasteiger partial charge in [0, 0.05) is 6.54 Å². The minimum atomic E-state index is -0.921. The fraction of sp³-hybridized carbons (Fsp3) is 0.846. The monoisotopic (exact) mass is 255 g/mol. The van der Waals surface area contributed by atoms with E-state index >= 15 is 0 Å². The van der Waals surface area contributed by atoms with Crippen molar-refractivity contribution < 1.29 is 19.4 Å². The Hall–Kier alpha value is -1.26. The molecule has 18 heavy (non-hydrogen) atoms. The maximum absolute atomic E-state index is 12.0. The highest BCUT2D eigenvalue weighted by Gasteiger charge is 2.34. The third kappa shape index (κ3) is 3.15. The molecule has 5 heteroatoms. The lowest BCUT2D eigenvalue weighted by molar-refractivity contribution is -0.144. The van der Waals surface area contributed by atoms with Gasteiger partial charge in [0.25, 0.3) is 0 Å². The molecule has 2 rings (SSSR count). The van der Waals surface area contributed by atoms with Crippen LogP contribution < -0.4 is 0 Å². The molecule has 1 amide bonds. The highest BCUT2D eigenvalue weighted by Crippen LogP contribution is 2.23. The highest BCUT2D eigenvalue weighted by molar-refractivity contribution is 5.80. The summed E-state index contributed by atoms with van der Waals surface area (Å²) in [5.74, 6) is -0.921. The average Bonchev–Trinajstić information content (AvgIpc) is 2.40. The van der Waals surface area contributed by atoms with Gasteiger partial charge in [0.1, 0.15) is 12.1 Å². The quantitative estimate of drug-likeness (QED) is 0.822. The first-order valence-corrected chi connectivity index (χ1v) is 6.88. The number of likely N-dealkylation sites (tertiary alicyclic amines) is 1. The number of amides is 1. The Morgan fingerprint density at radius 3 is 2.33 bits per heavy atom. The fourth-order valence-corrected chi connectivity index (χ4v) is 2.80. The van der Waals surface area contributed by atoms with Gasteiger partial charge < -0.3 is 9.84 Å². The van der Waals surface area contributed by atoms with Crippen LogP contribution in [0.1, 0.15) is 51.4 Å². The zero-order valence-corrected chi connectivity index (χ0v) is 10.6. The third-order valence-corrected chi connectivity index (χ3v) is 3.84. The van der Waals surface area contributed by atoms with Gasteiger partial charge in [-0.3, -0.25) is 4.90 Å². The van der Waals surface area contributed by atoms with E-state index in [1.54, 1.807) is 0 Å². The summed E-state index contributed by atoms with van der Waals surface area (Å²) in [6.07, 6.45) is 7.05. The van der Waals surface area contributed by atoms with Crippen LogP contribution in [0.15, 0.2) is 0 Å². The molecule has 2 aliphatic rings. The van der Waals surface area contributed by atoms with Gasteiger partial charge in [0.2, 0.25) is 0 Å². The van der Waals surface area contributed by atoms with Crippen molar-refractivity contribution in [2.75, 3.05) is 6.54 Å². The van der Waals surface area contributed by atoms with Gasteiger partial charge in [0.05, 0.1) is 0 Å². The van der Waals surface area contributed by atoms with Crippen molar-refractivity contribution in [3.8, 4) is 0 Å². The van der Waals surface area contributed by atoms with Gasteiger partial charge in [-0.2, -0.15) is 0 Å². The zero-order chi connectivity index (χ0) is 13.0. The summed E-state index contributed by atoms with van der Waals surface area (Å²) in [5.41, 5.74) is 0. The molecule has 1 atom stereocenters. The van der Waals surface area contributed by atoms with E-state index in [1.807, 2.05) is 0 Å². The van der Waals surface area contributed by atoms with Crippen molar-refractivity contribution in [3.05, 3.63) is 0 Å². The molecule has 1 saturated carbocycles. The van der Waals surface area contributed by atoms with E-state index in [1.165, 1.54) is 11.3 Å². The largest absolute Gasteiger partial charge is 0.480 e. The summed E-state index contributed by atoms with van der Waals surface area (Å²) in [7, 11) is 0. The predicted octanol–water partition coefficient (Wildman–Crippen LogP) is 2.39. The molecule has 1 unspecified atom stereocenters. The summed E-state index contributed by atoms with van der Waals surface area (Å²) in [4.78, 5) is 24.5. The smallest absolute Gasteiger partial charge is 0.410 e. The Balaban J connectivity index is 1.91. The number of rotatable bonds is 2. The SMILES string of the molecule is O=C(O)C1CCCCN1C(=O)OC1CCCCC1. The number of nitrogens with zero attached hydrogens (tertiary/aromatic N) is 1. The van der Waals surface area contributed by atoms with E-state index in [0.29, 0.717) is 13.0 Å². The summed E-state index contributed by atoms with van der Waals surface area (Å²) in [6, 6.07) is -0.699. The molecule has 2 fully saturated rings. The van der Waals surface area contributed by atoms with Gasteiger partial charge in [-0.15, -0.1) is 0 Å². The number of carboxylic acid groups (broad SMARTS) is 1. The summed E-state index contributed by atoms with van der Waals surface area (Å²) in [6.45, 7) is 0.503. The molecule has 1 saturated heterocycles. The number of carboxylic acids is 1. The number of carbonyl (C=O) groups excluding carboxylic acids is 1. The van der Waals surface area contributed by atoms with Crippen LogP contribution in [-0.4, -0.2) is 40.8 Å². The van der Waals surface area contributed by atoms with Crippen LogP contribution in [0.5, 0.6) is 0 Å². The van der Waals surface area contributed by atoms with E-state index in [-0.39, 0.29) is 6.10 Å². The van der Waals surface area contributed by atoms with Crippen LogP contribution in [0.2, 0.25) is 0 Å². The second-order valence-electron chi connectivity index (χ2n) is 5.19. The lowest BCUT2D eigenvalue weighted by atomic mass is 9.98. The molecule has 0 radical (unpaired) electrons. The van der Waals surface area contributed by atoms with E-state index in [0.717, 1.165) is 38.5 Å². The van der Waals surface area contributed by atoms with Gasteiger partial charge in [-0.05, 0) is 44.9 Å². The van der Waals surface area contributed by atoms with Crippen molar-refractivity contribution in [1.29, 1.82) is 0 Å². The minimum absolute atomic E-state index is 0.0115. The standard InChI is InChI=1S/C13H21NO4/c15-12(16)11-8-4-5-9-14(11)13(17)18-10-6-2-1-3-7-10/h10-11H,1-9H2,(H,15,16). The molecule has 1 aliphatic carbocycles. The Bertz CT molecular complexity index is 312. The van der Waals surface area contributed by atoms with Crippen LogP contribution >= 0.6 is 0 Å². The molecule has 1 heterocycles. The third-order valence-electron chi connectivity index (χ3n) is 3.84. The maximum Gasteiger partial charge on any atom is 0.410 e. The van der Waals surface area contributed by atoms with Crippen molar-refractivity contribution in [2.24, 2.45) is 0 Å². The second kappa shape index (κ2) is 6.07. The fourth-order valence-electron chi connectivity index (χ4n) is 2.80. The van der Waals surface area contributed by atoms with Crippen molar-refractivity contribution >= 4 is 12.1 Å². The Labute approximate surface area is 107 Å². The molecule has 0 bridgehead atoms. The lowest BCUT2D eigenvalue weighted by Crippen LogP contribution is -2.49. The van der Waals surface area contributed by atoms with Crippen LogP contribution in [0.4, 0.5) is 4.79 Å². The first kappa shape index (κ1) is 13.2. The number of piperidine rings is 1. The topological polar surface area (TPSA) is 66.8 Å². The molecule has 102 valence electrons. The van der Waals surface area contributed by atoms with E-state index in [4.69, 9.17) is 9.84 Å². The first-order chi connectivity index (χ1) is 8.68. The molecule has 0 aromatic rings. The van der Waals surface area contributed by atoms with Gasteiger partial charge in [-0.25, -0.2) is 9.59 Å². The minimum Gasteiger partial charge on any atom is -0.480 e. The zero-order valence-electron chi connectivity index (χ0n) is 10.6. The second-order valence-corrected chi connectivity index (χ2v) is 5.19. The number of hydrogen-bond acceptors (Lipinski definition) is 3. The summed E-state index contributed by atoms with van der Waals surface area (Å²) in [5, 5.41) is 9.11. The molecular formula is C13H21NO4. The maximum atomic E-state index is 12.0. The predicted molar refractivity (Wildman–Crippen MR) is 65.3 cm³/mol. The molecule has 1 N–H and O–H groups in total. The molecule has 0 aromatic carbocycles. The number of carbonyl (C=O) groups is 2. The van der Waals surface area contributed by atoms with Crippen LogP contribution in [0, 0.1) is 0 Å². The lowest BCUT2D eigenvalue weighted by Gasteiger charge is -2.33. The Morgan fingerprint density at radius 1 is 1.00 bits per heavy atom.